The third-order valence-corrected chi connectivity index (χ3v) is 5.67. The van der Waals surface area contributed by atoms with Crippen molar-refractivity contribution in [2.24, 2.45) is 0 Å². The largest absolute Gasteiger partial charge is 0.497 e. The Balaban J connectivity index is 2.21. The van der Waals surface area contributed by atoms with Crippen LogP contribution in [0, 0.1) is 0 Å². The van der Waals surface area contributed by atoms with Crippen molar-refractivity contribution in [2.75, 3.05) is 27.2 Å². The van der Waals surface area contributed by atoms with E-state index < -0.39 is 16.1 Å². The second kappa shape index (κ2) is 6.50. The molecule has 120 valence electrons. The summed E-state index contributed by atoms with van der Waals surface area (Å²) >= 11 is 0. The molecule has 0 saturated carbocycles. The molecule has 22 heavy (non-hydrogen) atoms. The highest BCUT2D eigenvalue weighted by Gasteiger charge is 2.39. The number of hydrogen-bond donors (Lipinski definition) is 0. The first kappa shape index (κ1) is 16.5. The van der Waals surface area contributed by atoms with Crippen molar-refractivity contribution in [2.45, 2.75) is 17.4 Å². The second-order valence-corrected chi connectivity index (χ2v) is 7.07. The Morgan fingerprint density at radius 3 is 2.59 bits per heavy atom. The number of nitrogens with zero attached hydrogens (tertiary/aromatic N) is 2. The standard InChI is InChI=1S/C15H20N2O4S/c1-4-10-17-11-9-14(15(17)18)16(2)22(19,20)13-7-5-12(21-3)6-8-13/h4-8,14H,1,9-11H2,2-3H3/t14-/m0/s1. The molecule has 0 unspecified atom stereocenters. The molecule has 1 atom stereocenters. The lowest BCUT2D eigenvalue weighted by Gasteiger charge is -2.23. The van der Waals surface area contributed by atoms with E-state index in [0.717, 1.165) is 4.31 Å². The Kier molecular flexibility index (Phi) is 4.87. The van der Waals surface area contributed by atoms with E-state index in [1.165, 1.54) is 26.3 Å². The lowest BCUT2D eigenvalue weighted by atomic mass is 10.2. The van der Waals surface area contributed by atoms with Gasteiger partial charge in [0.15, 0.2) is 0 Å². The first-order valence-corrected chi connectivity index (χ1v) is 8.37. The van der Waals surface area contributed by atoms with Gasteiger partial charge in [-0.2, -0.15) is 4.31 Å². The third-order valence-electron chi connectivity index (χ3n) is 3.79. The van der Waals surface area contributed by atoms with Gasteiger partial charge in [0, 0.05) is 20.1 Å². The van der Waals surface area contributed by atoms with Crippen molar-refractivity contribution in [1.29, 1.82) is 0 Å². The quantitative estimate of drug-likeness (QED) is 0.735. The molecule has 1 aromatic carbocycles. The van der Waals surface area contributed by atoms with Crippen molar-refractivity contribution in [1.82, 2.24) is 9.21 Å². The van der Waals surface area contributed by atoms with Gasteiger partial charge in [-0.25, -0.2) is 8.42 Å². The maximum absolute atomic E-state index is 12.6. The maximum Gasteiger partial charge on any atom is 0.243 e. The SMILES string of the molecule is C=CCN1CC[C@H](N(C)S(=O)(=O)c2ccc(OC)cc2)C1=O. The van der Waals surface area contributed by atoms with Crippen LogP contribution in [0.1, 0.15) is 6.42 Å². The third kappa shape index (κ3) is 3.00. The summed E-state index contributed by atoms with van der Waals surface area (Å²) in [5.74, 6) is 0.398. The van der Waals surface area contributed by atoms with Gasteiger partial charge in [0.2, 0.25) is 15.9 Å². The molecular weight excluding hydrogens is 304 g/mol. The zero-order valence-corrected chi connectivity index (χ0v) is 13.5. The number of carbonyl (C=O) groups excluding carboxylic acids is 1. The number of ether oxygens (including phenoxy) is 1. The van der Waals surface area contributed by atoms with Crippen molar-refractivity contribution in [3.8, 4) is 5.75 Å². The molecule has 1 fully saturated rings. The summed E-state index contributed by atoms with van der Waals surface area (Å²) in [5.41, 5.74) is 0. The minimum atomic E-state index is -3.71. The Morgan fingerprint density at radius 1 is 1.41 bits per heavy atom. The van der Waals surface area contributed by atoms with Crippen molar-refractivity contribution < 1.29 is 17.9 Å². The molecule has 0 aliphatic carbocycles. The molecule has 6 nitrogen and oxygen atoms in total. The number of likely N-dealkylation sites (tertiary alicyclic amines) is 1. The van der Waals surface area contributed by atoms with Crippen LogP contribution in [0.5, 0.6) is 5.75 Å². The number of likely N-dealkylation sites (N-methyl/N-ethyl adjacent to an activating group) is 1. The lowest BCUT2D eigenvalue weighted by molar-refractivity contribution is -0.130. The summed E-state index contributed by atoms with van der Waals surface area (Å²) in [7, 11) is -0.755. The Morgan fingerprint density at radius 2 is 2.05 bits per heavy atom. The highest BCUT2D eigenvalue weighted by molar-refractivity contribution is 7.89. The summed E-state index contributed by atoms with van der Waals surface area (Å²) in [5, 5.41) is 0. The van der Waals surface area contributed by atoms with Crippen LogP contribution >= 0.6 is 0 Å². The number of benzene rings is 1. The van der Waals surface area contributed by atoms with Gasteiger partial charge in [0.25, 0.3) is 0 Å². The van der Waals surface area contributed by atoms with E-state index in [2.05, 4.69) is 6.58 Å². The zero-order valence-electron chi connectivity index (χ0n) is 12.7. The van der Waals surface area contributed by atoms with Crippen LogP contribution in [0.4, 0.5) is 0 Å². The summed E-state index contributed by atoms with van der Waals surface area (Å²) < 4.78 is 31.4. The number of methoxy groups -OCH3 is 1. The van der Waals surface area contributed by atoms with Crippen molar-refractivity contribution in [3.63, 3.8) is 0 Å². The minimum Gasteiger partial charge on any atom is -0.497 e. The molecule has 2 rings (SSSR count). The first-order valence-electron chi connectivity index (χ1n) is 6.93. The van der Waals surface area contributed by atoms with Crippen molar-refractivity contribution in [3.05, 3.63) is 36.9 Å². The lowest BCUT2D eigenvalue weighted by Crippen LogP contribution is -2.42. The number of rotatable bonds is 6. The number of amides is 1. The monoisotopic (exact) mass is 324 g/mol. The Hall–Kier alpha value is -1.86. The van der Waals surface area contributed by atoms with Crippen LogP contribution in [0.2, 0.25) is 0 Å². The molecule has 0 bridgehead atoms. The zero-order chi connectivity index (χ0) is 16.3. The molecule has 1 aliphatic heterocycles. The number of hydrogen-bond acceptors (Lipinski definition) is 4. The molecule has 0 radical (unpaired) electrons. The van der Waals surface area contributed by atoms with E-state index in [0.29, 0.717) is 25.3 Å². The van der Waals surface area contributed by atoms with Gasteiger partial charge in [-0.05, 0) is 30.7 Å². The fourth-order valence-corrected chi connectivity index (χ4v) is 3.82. The first-order chi connectivity index (χ1) is 10.4. The average molecular weight is 324 g/mol. The van der Waals surface area contributed by atoms with Gasteiger partial charge >= 0.3 is 0 Å². The van der Waals surface area contributed by atoms with Gasteiger partial charge in [-0.15, -0.1) is 6.58 Å². The van der Waals surface area contributed by atoms with E-state index in [1.54, 1.807) is 23.1 Å². The van der Waals surface area contributed by atoms with Crippen LogP contribution in [0.25, 0.3) is 0 Å². The minimum absolute atomic E-state index is 0.144. The molecule has 1 heterocycles. The summed E-state index contributed by atoms with van der Waals surface area (Å²) in [6.07, 6.45) is 2.12. The van der Waals surface area contributed by atoms with Crippen LogP contribution in [0.3, 0.4) is 0 Å². The molecular formula is C15H20N2O4S. The van der Waals surface area contributed by atoms with Gasteiger partial charge < -0.3 is 9.64 Å². The van der Waals surface area contributed by atoms with E-state index in [1.807, 2.05) is 0 Å². The smallest absolute Gasteiger partial charge is 0.243 e. The fraction of sp³-hybridized carbons (Fsp3) is 0.400. The maximum atomic E-state index is 12.6. The molecule has 0 aromatic heterocycles. The van der Waals surface area contributed by atoms with E-state index in [9.17, 15) is 13.2 Å². The molecule has 1 aliphatic rings. The van der Waals surface area contributed by atoms with Gasteiger partial charge in [0.1, 0.15) is 11.8 Å². The van der Waals surface area contributed by atoms with Gasteiger partial charge in [0.05, 0.1) is 12.0 Å². The summed E-state index contributed by atoms with van der Waals surface area (Å²) in [6, 6.07) is 5.46. The topological polar surface area (TPSA) is 66.9 Å². The summed E-state index contributed by atoms with van der Waals surface area (Å²) in [4.78, 5) is 14.0. The van der Waals surface area contributed by atoms with E-state index in [4.69, 9.17) is 4.74 Å². The predicted molar refractivity (Wildman–Crippen MR) is 83.1 cm³/mol. The molecule has 7 heteroatoms. The number of carbonyl (C=O) groups is 1. The van der Waals surface area contributed by atoms with Gasteiger partial charge in [-0.3, -0.25) is 4.79 Å². The van der Waals surface area contributed by atoms with E-state index >= 15 is 0 Å². The van der Waals surface area contributed by atoms with Crippen molar-refractivity contribution >= 4 is 15.9 Å². The second-order valence-electron chi connectivity index (χ2n) is 5.07. The average Bonchev–Trinajstić information content (AvgIpc) is 2.88. The molecule has 1 aromatic rings. The van der Waals surface area contributed by atoms with Gasteiger partial charge in [-0.1, -0.05) is 6.08 Å². The summed E-state index contributed by atoms with van der Waals surface area (Å²) in [6.45, 7) is 4.58. The molecule has 1 amide bonds. The van der Waals surface area contributed by atoms with Crippen LogP contribution in [0.15, 0.2) is 41.8 Å². The number of sulfonamides is 1. The van der Waals surface area contributed by atoms with Crippen LogP contribution < -0.4 is 4.74 Å². The normalized spacial score (nSPS) is 18.8. The molecule has 0 spiro atoms. The Labute approximate surface area is 131 Å². The van der Waals surface area contributed by atoms with Crippen LogP contribution in [-0.2, 0) is 14.8 Å². The highest BCUT2D eigenvalue weighted by Crippen LogP contribution is 2.24. The highest BCUT2D eigenvalue weighted by atomic mass is 32.2. The molecule has 1 saturated heterocycles. The van der Waals surface area contributed by atoms with Crippen LogP contribution in [-0.4, -0.2) is 56.8 Å². The van der Waals surface area contributed by atoms with E-state index in [-0.39, 0.29) is 10.8 Å². The predicted octanol–water partition coefficient (Wildman–Crippen LogP) is 1.10. The fourth-order valence-electron chi connectivity index (χ4n) is 2.48. The Bertz CT molecular complexity index is 655. The molecule has 0 N–H and O–H groups in total.